The number of anilines is 1. The Morgan fingerprint density at radius 2 is 1.90 bits per heavy atom. The Labute approximate surface area is 191 Å². The highest BCUT2D eigenvalue weighted by Crippen LogP contribution is 2.40. The Morgan fingerprint density at radius 1 is 1.19 bits per heavy atom. The number of aliphatic imine (C=N–C) groups is 2. The molecule has 2 aliphatic rings. The van der Waals surface area contributed by atoms with Gasteiger partial charge in [0, 0.05) is 11.3 Å². The van der Waals surface area contributed by atoms with Crippen molar-refractivity contribution in [3.63, 3.8) is 0 Å². The second-order valence-corrected chi connectivity index (χ2v) is 9.75. The topological polar surface area (TPSA) is 53.8 Å². The second kappa shape index (κ2) is 9.13. The van der Waals surface area contributed by atoms with E-state index in [1.54, 1.807) is 0 Å². The summed E-state index contributed by atoms with van der Waals surface area (Å²) in [4.78, 5) is 22.6. The number of rotatable bonds is 4. The molecule has 1 amide bonds. The third-order valence-corrected chi connectivity index (χ3v) is 7.03. The van der Waals surface area contributed by atoms with Crippen molar-refractivity contribution in [3.8, 4) is 0 Å². The van der Waals surface area contributed by atoms with Crippen molar-refractivity contribution in [2.24, 2.45) is 15.9 Å². The summed E-state index contributed by atoms with van der Waals surface area (Å²) in [5.74, 6) is 0.173. The van der Waals surface area contributed by atoms with Crippen molar-refractivity contribution in [3.05, 3.63) is 64.4 Å². The van der Waals surface area contributed by atoms with Crippen molar-refractivity contribution in [2.45, 2.75) is 45.2 Å². The number of thioether (sulfide) groups is 1. The molecule has 0 saturated heterocycles. The van der Waals surface area contributed by atoms with Crippen molar-refractivity contribution < 1.29 is 9.18 Å². The molecule has 1 saturated carbocycles. The number of carbonyl (C=O) groups excluding carboxylic acids is 1. The van der Waals surface area contributed by atoms with Crippen molar-refractivity contribution in [2.75, 3.05) is 11.1 Å². The van der Waals surface area contributed by atoms with Gasteiger partial charge in [-0.3, -0.25) is 9.79 Å². The number of aryl methyl sites for hydroxylation is 1. The monoisotopic (exact) mass is 457 g/mol. The standard InChI is InChI=1S/C24H25ClFN3OS/c1-15-3-5-17(6-4-15)22-23(29-24(28-22)11-9-16(2)10-12-24)31-14-21(30)27-18-7-8-20(26)19(25)13-18/h3-8,13,16H,9-12,14H2,1-2H3,(H,27,30). The van der Waals surface area contributed by atoms with E-state index in [1.165, 1.54) is 35.5 Å². The number of hydrogen-bond donors (Lipinski definition) is 1. The molecule has 1 aliphatic heterocycles. The molecule has 1 N–H and O–H groups in total. The minimum Gasteiger partial charge on any atom is -0.325 e. The average Bonchev–Trinajstić information content (AvgIpc) is 3.10. The quantitative estimate of drug-likeness (QED) is 0.588. The predicted octanol–water partition coefficient (Wildman–Crippen LogP) is 6.27. The second-order valence-electron chi connectivity index (χ2n) is 8.37. The number of nitrogens with zero attached hydrogens (tertiary/aromatic N) is 2. The number of amides is 1. The fourth-order valence-electron chi connectivity index (χ4n) is 3.88. The van der Waals surface area contributed by atoms with Crippen LogP contribution in [0.1, 0.15) is 43.7 Å². The van der Waals surface area contributed by atoms with Gasteiger partial charge in [0.15, 0.2) is 5.66 Å². The van der Waals surface area contributed by atoms with Gasteiger partial charge in [-0.15, -0.1) is 0 Å². The highest BCUT2D eigenvalue weighted by Gasteiger charge is 2.39. The van der Waals surface area contributed by atoms with Crippen molar-refractivity contribution in [1.29, 1.82) is 0 Å². The van der Waals surface area contributed by atoms with E-state index in [1.807, 2.05) is 0 Å². The Kier molecular flexibility index (Phi) is 6.49. The van der Waals surface area contributed by atoms with Gasteiger partial charge < -0.3 is 5.32 Å². The Balaban J connectivity index is 1.50. The van der Waals surface area contributed by atoms with E-state index in [0.29, 0.717) is 11.6 Å². The molecule has 7 heteroatoms. The van der Waals surface area contributed by atoms with Crippen LogP contribution < -0.4 is 5.32 Å². The largest absolute Gasteiger partial charge is 0.325 e. The first-order chi connectivity index (χ1) is 14.8. The lowest BCUT2D eigenvalue weighted by Gasteiger charge is -2.30. The van der Waals surface area contributed by atoms with Gasteiger partial charge in [0.25, 0.3) is 0 Å². The van der Waals surface area contributed by atoms with Crippen molar-refractivity contribution in [1.82, 2.24) is 0 Å². The van der Waals surface area contributed by atoms with Crippen LogP contribution in [0.4, 0.5) is 10.1 Å². The molecule has 0 radical (unpaired) electrons. The third kappa shape index (κ3) is 5.18. The SMILES string of the molecule is Cc1ccc(C2=NC3(CCC(C)CC3)N=C2SCC(=O)Nc2ccc(F)c(Cl)c2)cc1. The summed E-state index contributed by atoms with van der Waals surface area (Å²) in [6.45, 7) is 4.33. The van der Waals surface area contributed by atoms with E-state index in [4.69, 9.17) is 21.6 Å². The zero-order valence-corrected chi connectivity index (χ0v) is 19.2. The first-order valence-corrected chi connectivity index (χ1v) is 11.8. The normalized spacial score (nSPS) is 22.9. The Bertz CT molecular complexity index is 1040. The van der Waals surface area contributed by atoms with Crippen LogP contribution in [-0.4, -0.2) is 28.1 Å². The van der Waals surface area contributed by atoms with E-state index in [-0.39, 0.29) is 16.7 Å². The summed E-state index contributed by atoms with van der Waals surface area (Å²) >= 11 is 7.20. The van der Waals surface area contributed by atoms with E-state index in [0.717, 1.165) is 42.0 Å². The highest BCUT2D eigenvalue weighted by molar-refractivity contribution is 8.16. The number of carbonyl (C=O) groups is 1. The number of benzene rings is 2. The summed E-state index contributed by atoms with van der Waals surface area (Å²) in [7, 11) is 0. The van der Waals surface area contributed by atoms with Gasteiger partial charge in [-0.05, 0) is 56.7 Å². The molecule has 162 valence electrons. The van der Waals surface area contributed by atoms with Crippen LogP contribution >= 0.6 is 23.4 Å². The molecule has 2 aromatic carbocycles. The average molecular weight is 458 g/mol. The van der Waals surface area contributed by atoms with Gasteiger partial charge in [0.1, 0.15) is 10.9 Å². The van der Waals surface area contributed by atoms with Gasteiger partial charge in [-0.2, -0.15) is 0 Å². The Hall–Kier alpha value is -2.18. The van der Waals surface area contributed by atoms with Crippen molar-refractivity contribution >= 4 is 45.7 Å². The summed E-state index contributed by atoms with van der Waals surface area (Å²) < 4.78 is 13.3. The van der Waals surface area contributed by atoms with Crippen LogP contribution in [0.25, 0.3) is 0 Å². The minimum absolute atomic E-state index is 0.0205. The van der Waals surface area contributed by atoms with Crippen LogP contribution in [-0.2, 0) is 4.79 Å². The van der Waals surface area contributed by atoms with Gasteiger partial charge in [0.05, 0.1) is 16.5 Å². The fraction of sp³-hybridized carbons (Fsp3) is 0.375. The molecule has 4 nitrogen and oxygen atoms in total. The summed E-state index contributed by atoms with van der Waals surface area (Å²) in [6.07, 6.45) is 4.09. The summed E-state index contributed by atoms with van der Waals surface area (Å²) in [5.41, 5.74) is 3.16. The maximum atomic E-state index is 13.3. The highest BCUT2D eigenvalue weighted by atomic mass is 35.5. The molecule has 31 heavy (non-hydrogen) atoms. The number of halogens is 2. The first-order valence-electron chi connectivity index (χ1n) is 10.5. The maximum Gasteiger partial charge on any atom is 0.234 e. The molecule has 0 bridgehead atoms. The molecule has 1 heterocycles. The zero-order valence-electron chi connectivity index (χ0n) is 17.6. The van der Waals surface area contributed by atoms with E-state index in [2.05, 4.69) is 43.4 Å². The molecule has 2 aromatic rings. The first kappa shape index (κ1) is 22.0. The minimum atomic E-state index is -0.514. The molecule has 0 unspecified atom stereocenters. The summed E-state index contributed by atoms with van der Waals surface area (Å²) in [5, 5.41) is 3.56. The van der Waals surface area contributed by atoms with E-state index < -0.39 is 11.5 Å². The number of nitrogens with one attached hydrogen (secondary N) is 1. The van der Waals surface area contributed by atoms with Gasteiger partial charge in [-0.1, -0.05) is 60.1 Å². The lowest BCUT2D eigenvalue weighted by Crippen LogP contribution is -2.28. The fourth-order valence-corrected chi connectivity index (χ4v) is 4.93. The summed E-state index contributed by atoms with van der Waals surface area (Å²) in [6, 6.07) is 12.4. The smallest absolute Gasteiger partial charge is 0.234 e. The zero-order chi connectivity index (χ0) is 22.0. The van der Waals surface area contributed by atoms with Crippen LogP contribution in [0.5, 0.6) is 0 Å². The molecular weight excluding hydrogens is 433 g/mol. The predicted molar refractivity (Wildman–Crippen MR) is 128 cm³/mol. The molecule has 1 fully saturated rings. The van der Waals surface area contributed by atoms with Crippen LogP contribution in [0.3, 0.4) is 0 Å². The molecule has 1 spiro atoms. The third-order valence-electron chi connectivity index (χ3n) is 5.78. The van der Waals surface area contributed by atoms with Crippen LogP contribution in [0.2, 0.25) is 5.02 Å². The molecule has 1 aliphatic carbocycles. The molecule has 0 atom stereocenters. The maximum absolute atomic E-state index is 13.3. The van der Waals surface area contributed by atoms with Gasteiger partial charge >= 0.3 is 0 Å². The molecule has 0 aromatic heterocycles. The lowest BCUT2D eigenvalue weighted by molar-refractivity contribution is -0.113. The van der Waals surface area contributed by atoms with Crippen LogP contribution in [0, 0.1) is 18.7 Å². The molecule has 4 rings (SSSR count). The Morgan fingerprint density at radius 3 is 2.58 bits per heavy atom. The van der Waals surface area contributed by atoms with Gasteiger partial charge in [-0.25, -0.2) is 9.38 Å². The molecular formula is C24H25ClFN3OS. The lowest BCUT2D eigenvalue weighted by atomic mass is 9.83. The van der Waals surface area contributed by atoms with Gasteiger partial charge in [0.2, 0.25) is 5.91 Å². The van der Waals surface area contributed by atoms with E-state index in [9.17, 15) is 9.18 Å². The van der Waals surface area contributed by atoms with E-state index >= 15 is 0 Å². The number of hydrogen-bond acceptors (Lipinski definition) is 4. The van der Waals surface area contributed by atoms with Crippen LogP contribution in [0.15, 0.2) is 52.4 Å².